The molecule has 0 spiro atoms. The van der Waals surface area contributed by atoms with Gasteiger partial charge in [-0.3, -0.25) is 4.99 Å². The first-order chi connectivity index (χ1) is 12.7. The van der Waals surface area contributed by atoms with E-state index in [2.05, 4.69) is 38.2 Å². The van der Waals surface area contributed by atoms with Crippen molar-refractivity contribution in [1.82, 2.24) is 20.4 Å². The van der Waals surface area contributed by atoms with Gasteiger partial charge in [-0.2, -0.15) is 4.98 Å². The van der Waals surface area contributed by atoms with Crippen LogP contribution in [0.5, 0.6) is 0 Å². The molecule has 0 amide bonds. The number of hydrogen-bond donors (Lipinski definition) is 1. The molecule has 1 N–H and O–H groups in total. The number of halogens is 1. The molecule has 0 atom stereocenters. The van der Waals surface area contributed by atoms with Crippen molar-refractivity contribution in [2.45, 2.75) is 20.3 Å². The van der Waals surface area contributed by atoms with Crippen LogP contribution in [0.3, 0.4) is 0 Å². The van der Waals surface area contributed by atoms with Crippen molar-refractivity contribution in [3.8, 4) is 0 Å². The fraction of sp³-hybridized carbons (Fsp3) is 0.500. The highest BCUT2D eigenvalue weighted by Gasteiger charge is 2.20. The molecule has 1 aromatic heterocycles. The maximum absolute atomic E-state index is 6.11. The minimum atomic E-state index is 0.623. The lowest BCUT2D eigenvalue weighted by Gasteiger charge is -2.37. The fourth-order valence-corrected chi connectivity index (χ4v) is 3.16. The van der Waals surface area contributed by atoms with Crippen LogP contribution in [0.1, 0.15) is 18.6 Å². The third-order valence-corrected chi connectivity index (χ3v) is 4.48. The molecule has 3 rings (SSSR count). The summed E-state index contributed by atoms with van der Waals surface area (Å²) in [4.78, 5) is 13.6. The number of aryl methyl sites for hydroxylation is 1. The van der Waals surface area contributed by atoms with Crippen LogP contribution in [0.15, 0.2) is 33.8 Å². The summed E-state index contributed by atoms with van der Waals surface area (Å²) < 4.78 is 5.14. The van der Waals surface area contributed by atoms with Crippen molar-refractivity contribution in [3.05, 3.63) is 41.0 Å². The zero-order chi connectivity index (χ0) is 18.4. The van der Waals surface area contributed by atoms with E-state index in [9.17, 15) is 0 Å². The van der Waals surface area contributed by atoms with E-state index < -0.39 is 0 Å². The summed E-state index contributed by atoms with van der Waals surface area (Å²) in [6.45, 7) is 9.07. The molecule has 1 aliphatic heterocycles. The number of guanidine groups is 1. The van der Waals surface area contributed by atoms with Crippen LogP contribution in [0.25, 0.3) is 0 Å². The summed E-state index contributed by atoms with van der Waals surface area (Å²) in [5, 5.41) is 7.96. The lowest BCUT2D eigenvalue weighted by Crippen LogP contribution is -2.52. The van der Waals surface area contributed by atoms with Crippen LogP contribution in [0.2, 0.25) is 5.02 Å². The molecule has 7 nitrogen and oxygen atoms in total. The Bertz CT molecular complexity index is 739. The SMILES string of the molecule is CCNC(=NCCc1nc(C)no1)N1CCN(c2cccc(Cl)c2)CC1. The largest absolute Gasteiger partial charge is 0.368 e. The van der Waals surface area contributed by atoms with Crippen LogP contribution >= 0.6 is 11.6 Å². The van der Waals surface area contributed by atoms with Crippen molar-refractivity contribution >= 4 is 23.2 Å². The van der Waals surface area contributed by atoms with Gasteiger partial charge in [0.15, 0.2) is 11.8 Å². The summed E-state index contributed by atoms with van der Waals surface area (Å²) in [5.74, 6) is 2.23. The maximum atomic E-state index is 6.11. The van der Waals surface area contributed by atoms with Crippen LogP contribution in [0, 0.1) is 6.92 Å². The Morgan fingerprint density at radius 2 is 2.12 bits per heavy atom. The van der Waals surface area contributed by atoms with Crippen molar-refractivity contribution in [2.24, 2.45) is 4.99 Å². The standard InChI is InChI=1S/C18H25ClN6O/c1-3-20-18(21-8-7-17-22-14(2)23-26-17)25-11-9-24(10-12-25)16-6-4-5-15(19)13-16/h4-6,13H,3,7-12H2,1-2H3,(H,20,21). The number of piperazine rings is 1. The number of benzene rings is 1. The maximum Gasteiger partial charge on any atom is 0.228 e. The Labute approximate surface area is 159 Å². The number of rotatable bonds is 5. The molecule has 0 radical (unpaired) electrons. The first-order valence-corrected chi connectivity index (χ1v) is 9.36. The molecular formula is C18H25ClN6O. The van der Waals surface area contributed by atoms with Gasteiger partial charge in [-0.1, -0.05) is 22.8 Å². The molecule has 2 aromatic rings. The number of nitrogens with zero attached hydrogens (tertiary/aromatic N) is 5. The van der Waals surface area contributed by atoms with Crippen LogP contribution < -0.4 is 10.2 Å². The minimum absolute atomic E-state index is 0.623. The van der Waals surface area contributed by atoms with E-state index in [1.54, 1.807) is 0 Å². The molecule has 140 valence electrons. The summed E-state index contributed by atoms with van der Waals surface area (Å²) in [6.07, 6.45) is 0.651. The van der Waals surface area contributed by atoms with Crippen LogP contribution in [0.4, 0.5) is 5.69 Å². The first-order valence-electron chi connectivity index (χ1n) is 8.98. The Balaban J connectivity index is 1.56. The lowest BCUT2D eigenvalue weighted by molar-refractivity contribution is 0.368. The molecule has 1 aromatic carbocycles. The molecule has 8 heteroatoms. The van der Waals surface area contributed by atoms with E-state index in [4.69, 9.17) is 21.1 Å². The zero-order valence-electron chi connectivity index (χ0n) is 15.3. The van der Waals surface area contributed by atoms with E-state index in [1.807, 2.05) is 25.1 Å². The number of hydrogen-bond acceptors (Lipinski definition) is 5. The summed E-state index contributed by atoms with van der Waals surface area (Å²) >= 11 is 6.11. The average molecular weight is 377 g/mol. The molecule has 26 heavy (non-hydrogen) atoms. The third-order valence-electron chi connectivity index (χ3n) is 4.24. The normalized spacial score (nSPS) is 15.4. The third kappa shape index (κ3) is 4.88. The summed E-state index contributed by atoms with van der Waals surface area (Å²) in [7, 11) is 0. The van der Waals surface area contributed by atoms with Crippen molar-refractivity contribution in [3.63, 3.8) is 0 Å². The number of aromatic nitrogens is 2. The second-order valence-electron chi connectivity index (χ2n) is 6.17. The van der Waals surface area contributed by atoms with Gasteiger partial charge in [-0.25, -0.2) is 0 Å². The van der Waals surface area contributed by atoms with Gasteiger partial charge < -0.3 is 19.6 Å². The molecular weight excluding hydrogens is 352 g/mol. The molecule has 0 saturated carbocycles. The second kappa shape index (κ2) is 8.89. The molecule has 0 unspecified atom stereocenters. The van der Waals surface area contributed by atoms with Crippen molar-refractivity contribution in [1.29, 1.82) is 0 Å². The lowest BCUT2D eigenvalue weighted by atomic mass is 10.2. The predicted octanol–water partition coefficient (Wildman–Crippen LogP) is 2.36. The van der Waals surface area contributed by atoms with Crippen LogP contribution in [-0.2, 0) is 6.42 Å². The van der Waals surface area contributed by atoms with Gasteiger partial charge in [0.2, 0.25) is 5.89 Å². The Morgan fingerprint density at radius 1 is 1.31 bits per heavy atom. The molecule has 2 heterocycles. The topological polar surface area (TPSA) is 69.8 Å². The summed E-state index contributed by atoms with van der Waals surface area (Å²) in [6, 6.07) is 8.02. The molecule has 1 aliphatic rings. The van der Waals surface area contributed by atoms with Gasteiger partial charge in [-0.15, -0.1) is 0 Å². The van der Waals surface area contributed by atoms with E-state index in [0.717, 1.165) is 43.7 Å². The molecule has 0 aliphatic carbocycles. The van der Waals surface area contributed by atoms with E-state index >= 15 is 0 Å². The number of aliphatic imine (C=N–C) groups is 1. The molecule has 1 saturated heterocycles. The highest BCUT2D eigenvalue weighted by molar-refractivity contribution is 6.30. The monoisotopic (exact) mass is 376 g/mol. The van der Waals surface area contributed by atoms with Gasteiger partial charge >= 0.3 is 0 Å². The van der Waals surface area contributed by atoms with E-state index in [-0.39, 0.29) is 0 Å². The van der Waals surface area contributed by atoms with Crippen molar-refractivity contribution in [2.75, 3.05) is 44.2 Å². The highest BCUT2D eigenvalue weighted by Crippen LogP contribution is 2.20. The minimum Gasteiger partial charge on any atom is -0.368 e. The average Bonchev–Trinajstić information content (AvgIpc) is 3.06. The summed E-state index contributed by atoms with van der Waals surface area (Å²) in [5.41, 5.74) is 1.17. The fourth-order valence-electron chi connectivity index (χ4n) is 2.97. The van der Waals surface area contributed by atoms with E-state index in [0.29, 0.717) is 24.7 Å². The van der Waals surface area contributed by atoms with Gasteiger partial charge in [-0.05, 0) is 32.0 Å². The quantitative estimate of drug-likeness (QED) is 0.638. The highest BCUT2D eigenvalue weighted by atomic mass is 35.5. The van der Waals surface area contributed by atoms with Gasteiger partial charge in [0.25, 0.3) is 0 Å². The van der Waals surface area contributed by atoms with Gasteiger partial charge in [0.05, 0.1) is 6.54 Å². The molecule has 0 bridgehead atoms. The number of nitrogens with one attached hydrogen (secondary N) is 1. The van der Waals surface area contributed by atoms with Crippen molar-refractivity contribution < 1.29 is 4.52 Å². The van der Waals surface area contributed by atoms with Gasteiger partial charge in [0.1, 0.15) is 0 Å². The Hall–Kier alpha value is -2.28. The molecule has 1 fully saturated rings. The van der Waals surface area contributed by atoms with E-state index in [1.165, 1.54) is 5.69 Å². The smallest absolute Gasteiger partial charge is 0.228 e. The Morgan fingerprint density at radius 3 is 2.77 bits per heavy atom. The zero-order valence-corrected chi connectivity index (χ0v) is 16.0. The Kier molecular flexibility index (Phi) is 6.33. The first kappa shape index (κ1) is 18.5. The van der Waals surface area contributed by atoms with Crippen LogP contribution in [-0.4, -0.2) is 60.3 Å². The predicted molar refractivity (Wildman–Crippen MR) is 104 cm³/mol. The van der Waals surface area contributed by atoms with Gasteiger partial charge in [0, 0.05) is 49.9 Å². The number of anilines is 1. The second-order valence-corrected chi connectivity index (χ2v) is 6.61.